The Kier molecular flexibility index (Phi) is 5.49. The number of carbonyl (C=O) groups excluding carboxylic acids is 1. The molecule has 7 nitrogen and oxygen atoms in total. The molecule has 0 spiro atoms. The Bertz CT molecular complexity index is 1310. The summed E-state index contributed by atoms with van der Waals surface area (Å²) in [5, 5.41) is 12.3. The summed E-state index contributed by atoms with van der Waals surface area (Å²) < 4.78 is 0. The van der Waals surface area contributed by atoms with Crippen molar-refractivity contribution in [2.24, 2.45) is 0 Å². The lowest BCUT2D eigenvalue weighted by atomic mass is 9.89. The van der Waals surface area contributed by atoms with E-state index in [4.69, 9.17) is 5.26 Å². The number of likely N-dealkylation sites (tertiary alicyclic amines) is 1. The van der Waals surface area contributed by atoms with Crippen molar-refractivity contribution in [1.82, 2.24) is 19.9 Å². The maximum atomic E-state index is 13.2. The maximum absolute atomic E-state index is 13.2. The summed E-state index contributed by atoms with van der Waals surface area (Å²) in [4.78, 5) is 27.1. The van der Waals surface area contributed by atoms with E-state index in [0.29, 0.717) is 28.6 Å². The van der Waals surface area contributed by atoms with E-state index < -0.39 is 0 Å². The number of nitrogens with zero attached hydrogens (tertiary/aromatic N) is 4. The van der Waals surface area contributed by atoms with Crippen molar-refractivity contribution in [2.75, 3.05) is 18.4 Å². The van der Waals surface area contributed by atoms with Crippen LogP contribution in [0.15, 0.2) is 60.8 Å². The van der Waals surface area contributed by atoms with Gasteiger partial charge in [0.15, 0.2) is 5.65 Å². The Hall–Kier alpha value is -4.18. The fourth-order valence-corrected chi connectivity index (χ4v) is 4.35. The van der Waals surface area contributed by atoms with E-state index in [1.807, 2.05) is 66.4 Å². The van der Waals surface area contributed by atoms with Gasteiger partial charge in [-0.15, -0.1) is 0 Å². The van der Waals surface area contributed by atoms with Crippen LogP contribution >= 0.6 is 0 Å². The number of anilines is 2. The lowest BCUT2D eigenvalue weighted by molar-refractivity contribution is 0.0713. The van der Waals surface area contributed by atoms with Gasteiger partial charge in [0, 0.05) is 30.5 Å². The smallest absolute Gasteiger partial charge is 0.253 e. The van der Waals surface area contributed by atoms with Crippen molar-refractivity contribution >= 4 is 28.7 Å². The zero-order chi connectivity index (χ0) is 22.8. The highest BCUT2D eigenvalue weighted by atomic mass is 16.2. The molecule has 1 aliphatic heterocycles. The number of hydrogen-bond acceptors (Lipinski definition) is 5. The Morgan fingerprint density at radius 2 is 1.94 bits per heavy atom. The minimum atomic E-state index is 0.0441. The standard InChI is InChI=1S/C26H24N6O/c1-17-4-7-21(15-23(17)30-26-29-22-3-2-12-28-24(22)31-26)25(33)32-13-10-20(11-14-32)19-8-5-18(16-27)6-9-19/h2-9,12,15,20H,10-11,13-14H2,1H3,(H2,28,29,30,31). The highest BCUT2D eigenvalue weighted by Gasteiger charge is 2.25. The normalized spacial score (nSPS) is 14.2. The number of aryl methyl sites for hydroxylation is 1. The number of fused-ring (bicyclic) bond motifs is 1. The maximum Gasteiger partial charge on any atom is 0.253 e. The van der Waals surface area contributed by atoms with Gasteiger partial charge in [0.2, 0.25) is 5.95 Å². The molecule has 1 fully saturated rings. The summed E-state index contributed by atoms with van der Waals surface area (Å²) in [5.74, 6) is 1.06. The summed E-state index contributed by atoms with van der Waals surface area (Å²) in [7, 11) is 0. The van der Waals surface area contributed by atoms with Gasteiger partial charge in [-0.3, -0.25) is 4.79 Å². The molecule has 4 aromatic rings. The number of benzene rings is 2. The zero-order valence-corrected chi connectivity index (χ0v) is 18.4. The van der Waals surface area contributed by atoms with Crippen molar-refractivity contribution in [1.29, 1.82) is 5.26 Å². The molecule has 2 aromatic carbocycles. The molecule has 1 saturated heterocycles. The van der Waals surface area contributed by atoms with Crippen molar-refractivity contribution in [3.8, 4) is 6.07 Å². The van der Waals surface area contributed by atoms with Gasteiger partial charge < -0.3 is 15.2 Å². The molecular weight excluding hydrogens is 412 g/mol. The Labute approximate surface area is 192 Å². The van der Waals surface area contributed by atoms with Gasteiger partial charge in [0.1, 0.15) is 0 Å². The summed E-state index contributed by atoms with van der Waals surface area (Å²) in [6, 6.07) is 19.5. The number of imidazole rings is 1. The van der Waals surface area contributed by atoms with Gasteiger partial charge in [-0.05, 0) is 73.2 Å². The molecule has 0 unspecified atom stereocenters. The van der Waals surface area contributed by atoms with Gasteiger partial charge in [-0.1, -0.05) is 18.2 Å². The van der Waals surface area contributed by atoms with Crippen molar-refractivity contribution < 1.29 is 4.79 Å². The number of aromatic nitrogens is 3. The predicted octanol–water partition coefficient (Wildman–Crippen LogP) is 4.90. The number of nitriles is 1. The van der Waals surface area contributed by atoms with Gasteiger partial charge in [-0.2, -0.15) is 10.2 Å². The van der Waals surface area contributed by atoms with Crippen LogP contribution in [-0.2, 0) is 0 Å². The molecule has 0 radical (unpaired) electrons. The number of rotatable bonds is 4. The van der Waals surface area contributed by atoms with Crippen LogP contribution in [0, 0.1) is 18.3 Å². The molecule has 0 saturated carbocycles. The second-order valence-electron chi connectivity index (χ2n) is 8.41. The minimum absolute atomic E-state index is 0.0441. The van der Waals surface area contributed by atoms with E-state index >= 15 is 0 Å². The molecule has 0 aliphatic carbocycles. The van der Waals surface area contributed by atoms with E-state index in [2.05, 4.69) is 26.3 Å². The first kappa shape index (κ1) is 20.7. The first-order chi connectivity index (χ1) is 16.1. The number of carbonyl (C=O) groups is 1. The molecule has 164 valence electrons. The molecule has 0 atom stereocenters. The second kappa shape index (κ2) is 8.75. The highest BCUT2D eigenvalue weighted by Crippen LogP contribution is 2.29. The molecular formula is C26H24N6O. The fourth-order valence-electron chi connectivity index (χ4n) is 4.35. The van der Waals surface area contributed by atoms with Crippen molar-refractivity contribution in [3.05, 3.63) is 83.0 Å². The Morgan fingerprint density at radius 3 is 2.67 bits per heavy atom. The average Bonchev–Trinajstić information content (AvgIpc) is 3.27. The van der Waals surface area contributed by atoms with Crippen LogP contribution in [-0.4, -0.2) is 38.8 Å². The van der Waals surface area contributed by atoms with Crippen LogP contribution in [0.1, 0.15) is 45.8 Å². The largest absolute Gasteiger partial charge is 0.339 e. The topological polar surface area (TPSA) is 97.7 Å². The fraction of sp³-hybridized carbons (Fsp3) is 0.231. The molecule has 2 N–H and O–H groups in total. The number of hydrogen-bond donors (Lipinski definition) is 2. The average molecular weight is 437 g/mol. The number of aromatic amines is 1. The minimum Gasteiger partial charge on any atom is -0.339 e. The molecule has 0 bridgehead atoms. The Balaban J connectivity index is 1.27. The van der Waals surface area contributed by atoms with E-state index in [0.717, 1.165) is 42.7 Å². The number of amides is 1. The van der Waals surface area contributed by atoms with Crippen LogP contribution in [0.2, 0.25) is 0 Å². The molecule has 5 rings (SSSR count). The number of nitrogens with one attached hydrogen (secondary N) is 2. The molecule has 2 aromatic heterocycles. The molecule has 1 aliphatic rings. The number of pyridine rings is 1. The van der Waals surface area contributed by atoms with Crippen LogP contribution in [0.25, 0.3) is 11.2 Å². The summed E-state index contributed by atoms with van der Waals surface area (Å²) >= 11 is 0. The van der Waals surface area contributed by atoms with E-state index in [-0.39, 0.29) is 5.91 Å². The van der Waals surface area contributed by atoms with Crippen molar-refractivity contribution in [2.45, 2.75) is 25.7 Å². The van der Waals surface area contributed by atoms with E-state index in [9.17, 15) is 4.79 Å². The number of H-pyrrole nitrogens is 1. The SMILES string of the molecule is Cc1ccc(C(=O)N2CCC(c3ccc(C#N)cc3)CC2)cc1Nc1nc2ncccc2[nH]1. The molecule has 3 heterocycles. The third-order valence-corrected chi connectivity index (χ3v) is 6.29. The quantitative estimate of drug-likeness (QED) is 0.474. The third kappa shape index (κ3) is 4.28. The molecule has 1 amide bonds. The van der Waals surface area contributed by atoms with Gasteiger partial charge >= 0.3 is 0 Å². The zero-order valence-electron chi connectivity index (χ0n) is 18.4. The molecule has 7 heteroatoms. The third-order valence-electron chi connectivity index (χ3n) is 6.29. The van der Waals surface area contributed by atoms with Gasteiger partial charge in [0.25, 0.3) is 5.91 Å². The summed E-state index contributed by atoms with van der Waals surface area (Å²) in [5.41, 5.74) is 5.95. The van der Waals surface area contributed by atoms with Crippen molar-refractivity contribution in [3.63, 3.8) is 0 Å². The highest BCUT2D eigenvalue weighted by molar-refractivity contribution is 5.95. The first-order valence-electron chi connectivity index (χ1n) is 11.1. The lowest BCUT2D eigenvalue weighted by Gasteiger charge is -2.32. The summed E-state index contributed by atoms with van der Waals surface area (Å²) in [6.07, 6.45) is 3.54. The van der Waals surface area contributed by atoms with Crippen LogP contribution < -0.4 is 5.32 Å². The number of piperidine rings is 1. The second-order valence-corrected chi connectivity index (χ2v) is 8.41. The first-order valence-corrected chi connectivity index (χ1v) is 11.1. The van der Waals surface area contributed by atoms with E-state index in [1.54, 1.807) is 6.20 Å². The predicted molar refractivity (Wildman–Crippen MR) is 127 cm³/mol. The summed E-state index contributed by atoms with van der Waals surface area (Å²) in [6.45, 7) is 3.44. The van der Waals surface area contributed by atoms with E-state index in [1.165, 1.54) is 5.56 Å². The monoisotopic (exact) mass is 436 g/mol. The van der Waals surface area contributed by atoms with Crippen LogP contribution in [0.3, 0.4) is 0 Å². The van der Waals surface area contributed by atoms with Crippen LogP contribution in [0.5, 0.6) is 0 Å². The lowest BCUT2D eigenvalue weighted by Crippen LogP contribution is -2.37. The van der Waals surface area contributed by atoms with Gasteiger partial charge in [-0.25, -0.2) is 4.98 Å². The molecule has 33 heavy (non-hydrogen) atoms. The Morgan fingerprint density at radius 1 is 1.15 bits per heavy atom. The van der Waals surface area contributed by atoms with Crippen LogP contribution in [0.4, 0.5) is 11.6 Å². The van der Waals surface area contributed by atoms with Gasteiger partial charge in [0.05, 0.1) is 17.1 Å².